The molecule has 0 aliphatic rings. The zero-order chi connectivity index (χ0) is 60.2. The minimum absolute atomic E-state index is 0. The summed E-state index contributed by atoms with van der Waals surface area (Å²) in [6, 6.07) is 0. The summed E-state index contributed by atoms with van der Waals surface area (Å²) in [5.41, 5.74) is 0. The van der Waals surface area contributed by atoms with Crippen LogP contribution in [0.1, 0.15) is 439 Å². The van der Waals surface area contributed by atoms with Crippen LogP contribution in [-0.2, 0) is 29.2 Å². The van der Waals surface area contributed by atoms with Crippen LogP contribution in [-0.4, -0.2) is 76.9 Å². The summed E-state index contributed by atoms with van der Waals surface area (Å²) in [6.07, 6.45) is 85.0. The summed E-state index contributed by atoms with van der Waals surface area (Å²) in [6.45, 7) is 9.23. The van der Waals surface area contributed by atoms with Crippen LogP contribution in [0.15, 0.2) is 0 Å². The molecule has 0 spiro atoms. The Morgan fingerprint density at radius 2 is 0.325 bits per heavy atom. The van der Waals surface area contributed by atoms with Crippen LogP contribution >= 0.6 is 0 Å². The Morgan fingerprint density at radius 3 is 0.434 bits per heavy atom. The fourth-order valence-electron chi connectivity index (χ4n) is 12.2. The molecule has 8 nitrogen and oxygen atoms in total. The first-order valence-electron chi connectivity index (χ1n) is 37.2. The van der Waals surface area contributed by atoms with Gasteiger partial charge in [0, 0.05) is 0 Å². The first-order valence-corrected chi connectivity index (χ1v) is 39.9. The molecule has 2 atom stereocenters. The maximum atomic E-state index is 11.0. The molecule has 0 heterocycles. The summed E-state index contributed by atoms with van der Waals surface area (Å²) < 4.78 is 75.0. The van der Waals surface area contributed by atoms with Crippen LogP contribution in [0.2, 0.25) is 0 Å². The molecule has 0 radical (unpaired) electrons. The predicted molar refractivity (Wildman–Crippen MR) is 362 cm³/mol. The van der Waals surface area contributed by atoms with Gasteiger partial charge in [0.25, 0.3) is 0 Å². The average Bonchev–Trinajstić information content (AvgIpc) is 3.45. The molecule has 83 heavy (non-hydrogen) atoms. The fourth-order valence-corrected chi connectivity index (χ4v) is 12.9. The largest absolute Gasteiger partial charge is 2.00 e. The van der Waals surface area contributed by atoms with Crippen LogP contribution in [0.4, 0.5) is 0 Å². The maximum absolute atomic E-state index is 11.0. The van der Waals surface area contributed by atoms with E-state index >= 15 is 0 Å². The minimum atomic E-state index is -4.59. The topological polar surface area (TPSA) is 133 Å². The Labute approximate surface area is 552 Å². The molecule has 0 aromatic heterocycles. The van der Waals surface area contributed by atoms with E-state index in [9.17, 15) is 25.9 Å². The van der Waals surface area contributed by atoms with Gasteiger partial charge in [-0.15, -0.1) is 0 Å². The molecular formula is C72H146CaO8S2. The number of unbranched alkanes of at least 4 members (excludes halogenated alkanes) is 56. The van der Waals surface area contributed by atoms with Gasteiger partial charge in [0.15, 0.2) is 0 Å². The van der Waals surface area contributed by atoms with Crippen molar-refractivity contribution in [3.8, 4) is 0 Å². The second kappa shape index (κ2) is 73.7. The van der Waals surface area contributed by atoms with E-state index in [-0.39, 0.29) is 62.8 Å². The van der Waals surface area contributed by atoms with E-state index < -0.39 is 20.8 Å². The van der Waals surface area contributed by atoms with E-state index in [2.05, 4.69) is 36.1 Å². The van der Waals surface area contributed by atoms with Gasteiger partial charge in [0.05, 0.1) is 13.2 Å². The van der Waals surface area contributed by atoms with Crippen molar-refractivity contribution < 1.29 is 34.3 Å². The summed E-state index contributed by atoms with van der Waals surface area (Å²) in [4.78, 5) is 0. The zero-order valence-corrected chi connectivity index (χ0v) is 60.5. The van der Waals surface area contributed by atoms with Crippen molar-refractivity contribution in [2.45, 2.75) is 439 Å². The predicted octanol–water partition coefficient (Wildman–Crippen LogP) is 24.8. The molecule has 0 bridgehead atoms. The summed E-state index contributed by atoms with van der Waals surface area (Å²) in [7, 11) is -9.17. The van der Waals surface area contributed by atoms with Crippen LogP contribution in [0, 0.1) is 11.8 Å². The molecule has 0 fully saturated rings. The van der Waals surface area contributed by atoms with E-state index in [0.717, 1.165) is 51.4 Å². The molecule has 0 aromatic rings. The second-order valence-corrected chi connectivity index (χ2v) is 28.2. The monoisotopic (exact) mass is 1240 g/mol. The van der Waals surface area contributed by atoms with Crippen molar-refractivity contribution >= 4 is 58.5 Å². The third-order valence-electron chi connectivity index (χ3n) is 17.8. The molecule has 0 amide bonds. The van der Waals surface area contributed by atoms with Gasteiger partial charge in [-0.05, 0) is 37.5 Å². The molecule has 11 heteroatoms. The molecule has 0 rings (SSSR count). The Kier molecular flexibility index (Phi) is 78.4. The van der Waals surface area contributed by atoms with Crippen LogP contribution < -0.4 is 0 Å². The molecule has 0 aliphatic heterocycles. The van der Waals surface area contributed by atoms with Crippen molar-refractivity contribution in [3.63, 3.8) is 0 Å². The van der Waals surface area contributed by atoms with Crippen molar-refractivity contribution in [1.82, 2.24) is 0 Å². The normalized spacial score (nSPS) is 12.6. The van der Waals surface area contributed by atoms with E-state index in [0.29, 0.717) is 0 Å². The van der Waals surface area contributed by atoms with E-state index in [1.54, 1.807) is 0 Å². The van der Waals surface area contributed by atoms with Gasteiger partial charge in [0.2, 0.25) is 20.8 Å². The molecule has 496 valence electrons. The van der Waals surface area contributed by atoms with Gasteiger partial charge < -0.3 is 9.11 Å². The maximum Gasteiger partial charge on any atom is 2.00 e. The zero-order valence-electron chi connectivity index (χ0n) is 56.6. The molecule has 0 aromatic carbocycles. The van der Waals surface area contributed by atoms with E-state index in [1.807, 2.05) is 0 Å². The third kappa shape index (κ3) is 83.0. The van der Waals surface area contributed by atoms with E-state index in [4.69, 9.17) is 0 Å². The summed E-state index contributed by atoms with van der Waals surface area (Å²) in [5, 5.41) is 0. The van der Waals surface area contributed by atoms with Crippen molar-refractivity contribution in [3.05, 3.63) is 0 Å². The standard InChI is InChI=1S/2C36H74O4S.Ca/c2*1-3-5-7-9-11-13-15-16-17-18-19-20-21-22-23-24-26-28-30-32-34-36(35-40-41(37,38)39)33-31-29-27-25-14-12-10-8-6-4-2;/h2*36H,3-35H2,1-2H3,(H,37,38,39);/q;;+2/p-2. The fraction of sp³-hybridized carbons (Fsp3) is 1.00. The third-order valence-corrected chi connectivity index (χ3v) is 18.6. The average molecular weight is 1240 g/mol. The number of hydrogen-bond acceptors (Lipinski definition) is 8. The molecular weight excluding hydrogens is 1100 g/mol. The first-order chi connectivity index (χ1) is 40.0. The Bertz CT molecular complexity index is 1300. The van der Waals surface area contributed by atoms with Crippen LogP contribution in [0.3, 0.4) is 0 Å². The van der Waals surface area contributed by atoms with Gasteiger partial charge in [-0.3, -0.25) is 8.37 Å². The first kappa shape index (κ1) is 88.2. The molecule has 0 N–H and O–H groups in total. The van der Waals surface area contributed by atoms with Gasteiger partial charge in [-0.25, -0.2) is 16.8 Å². The van der Waals surface area contributed by atoms with Gasteiger partial charge >= 0.3 is 37.7 Å². The smallest absolute Gasteiger partial charge is 0.726 e. The van der Waals surface area contributed by atoms with Gasteiger partial charge in [-0.1, -0.05) is 413 Å². The van der Waals surface area contributed by atoms with E-state index in [1.165, 1.54) is 360 Å². The van der Waals surface area contributed by atoms with Crippen LogP contribution in [0.25, 0.3) is 0 Å². The van der Waals surface area contributed by atoms with Gasteiger partial charge in [-0.2, -0.15) is 0 Å². The minimum Gasteiger partial charge on any atom is -0.726 e. The Balaban J connectivity index is -0.00000152. The van der Waals surface area contributed by atoms with Gasteiger partial charge in [0.1, 0.15) is 0 Å². The van der Waals surface area contributed by atoms with Crippen LogP contribution in [0.5, 0.6) is 0 Å². The molecule has 0 aliphatic carbocycles. The number of rotatable bonds is 70. The quantitative estimate of drug-likeness (QED) is 0.0254. The molecule has 0 saturated heterocycles. The van der Waals surface area contributed by atoms with Crippen molar-refractivity contribution in [2.24, 2.45) is 11.8 Å². The molecule has 0 saturated carbocycles. The SMILES string of the molecule is CCCCCCCCCCCCCCCCCCCCCCC(CCCCCCCCCCCC)COS(=O)(=O)[O-].CCCCCCCCCCCCCCCCCCCCCCC(CCCCCCCCCCCC)COS(=O)(=O)[O-].[Ca+2]. The second-order valence-electron chi connectivity index (χ2n) is 26.1. The van der Waals surface area contributed by atoms with Crippen molar-refractivity contribution in [2.75, 3.05) is 13.2 Å². The Hall–Kier alpha value is 1.000. The van der Waals surface area contributed by atoms with Crippen molar-refractivity contribution in [1.29, 1.82) is 0 Å². The molecule has 2 unspecified atom stereocenters. The summed E-state index contributed by atoms with van der Waals surface area (Å²) in [5.74, 6) is 0.395. The summed E-state index contributed by atoms with van der Waals surface area (Å²) >= 11 is 0. The number of hydrogen-bond donors (Lipinski definition) is 0. The Morgan fingerprint density at radius 1 is 0.217 bits per heavy atom.